The Hall–Kier alpha value is -3.62. The molecule has 9 heteroatoms. The summed E-state index contributed by atoms with van der Waals surface area (Å²) in [5, 5.41) is 8.07. The fourth-order valence-corrected chi connectivity index (χ4v) is 3.35. The maximum Gasteiger partial charge on any atom is 0.268 e. The highest BCUT2D eigenvalue weighted by atomic mass is 16.5. The molecule has 2 aromatic rings. The van der Waals surface area contributed by atoms with Crippen molar-refractivity contribution in [3.63, 3.8) is 0 Å². The zero-order valence-corrected chi connectivity index (χ0v) is 20.8. The number of hydrogen-bond acceptors (Lipinski definition) is 5. The van der Waals surface area contributed by atoms with Crippen LogP contribution >= 0.6 is 0 Å². The quantitative estimate of drug-likeness (QED) is 0.242. The van der Waals surface area contributed by atoms with E-state index in [2.05, 4.69) is 27.9 Å². The first-order valence-corrected chi connectivity index (χ1v) is 12.0. The van der Waals surface area contributed by atoms with Gasteiger partial charge < -0.3 is 30.5 Å². The van der Waals surface area contributed by atoms with E-state index in [1.165, 1.54) is 0 Å². The molecule has 0 bridgehead atoms. The van der Waals surface area contributed by atoms with Crippen LogP contribution in [0.25, 0.3) is 0 Å². The highest BCUT2D eigenvalue weighted by Crippen LogP contribution is 2.15. The second kappa shape index (κ2) is 13.9. The van der Waals surface area contributed by atoms with Crippen LogP contribution in [0.3, 0.4) is 0 Å². The minimum atomic E-state index is -0.935. The lowest BCUT2D eigenvalue weighted by molar-refractivity contribution is -0.131. The second-order valence-electron chi connectivity index (χ2n) is 8.82. The summed E-state index contributed by atoms with van der Waals surface area (Å²) < 4.78 is 5.69. The Morgan fingerprint density at radius 3 is 2.29 bits per heavy atom. The summed E-state index contributed by atoms with van der Waals surface area (Å²) >= 11 is 0. The second-order valence-corrected chi connectivity index (χ2v) is 8.82. The Bertz CT molecular complexity index is 957. The van der Waals surface area contributed by atoms with Gasteiger partial charge in [-0.1, -0.05) is 39.3 Å². The van der Waals surface area contributed by atoms with Crippen molar-refractivity contribution in [1.29, 1.82) is 0 Å². The van der Waals surface area contributed by atoms with Crippen LogP contribution < -0.4 is 20.7 Å². The van der Waals surface area contributed by atoms with E-state index in [0.29, 0.717) is 18.6 Å². The fourth-order valence-electron chi connectivity index (χ4n) is 3.35. The molecule has 1 aromatic heterocycles. The predicted octanol–water partition coefficient (Wildman–Crippen LogP) is 2.38. The third-order valence-electron chi connectivity index (χ3n) is 5.42. The first-order valence-electron chi connectivity index (χ1n) is 12.0. The van der Waals surface area contributed by atoms with Crippen LogP contribution in [0, 0.1) is 5.92 Å². The average Bonchev–Trinajstić information content (AvgIpc) is 3.38. The molecule has 2 rings (SSSR count). The number of ether oxygens (including phenoxy) is 1. The third-order valence-corrected chi connectivity index (χ3v) is 5.42. The van der Waals surface area contributed by atoms with Crippen LogP contribution in [0.1, 0.15) is 56.6 Å². The van der Waals surface area contributed by atoms with Gasteiger partial charge in [0, 0.05) is 12.6 Å². The molecule has 0 saturated heterocycles. The van der Waals surface area contributed by atoms with Gasteiger partial charge in [0.2, 0.25) is 11.8 Å². The minimum Gasteiger partial charge on any atom is -0.494 e. The molecule has 0 fully saturated rings. The lowest BCUT2D eigenvalue weighted by atomic mass is 10.0. The smallest absolute Gasteiger partial charge is 0.268 e. The molecular weight excluding hydrogens is 448 g/mol. The number of aldehydes is 1. The molecule has 35 heavy (non-hydrogen) atoms. The van der Waals surface area contributed by atoms with Crippen molar-refractivity contribution >= 4 is 24.0 Å². The Morgan fingerprint density at radius 2 is 1.71 bits per heavy atom. The van der Waals surface area contributed by atoms with Crippen molar-refractivity contribution in [3.05, 3.63) is 53.9 Å². The van der Waals surface area contributed by atoms with Crippen LogP contribution in [-0.2, 0) is 20.8 Å². The van der Waals surface area contributed by atoms with Crippen LogP contribution in [-0.4, -0.2) is 53.7 Å². The molecule has 3 atom stereocenters. The van der Waals surface area contributed by atoms with Gasteiger partial charge >= 0.3 is 0 Å². The van der Waals surface area contributed by atoms with E-state index >= 15 is 0 Å². The molecule has 4 N–H and O–H groups in total. The lowest BCUT2D eigenvalue weighted by Gasteiger charge is -2.26. The van der Waals surface area contributed by atoms with Gasteiger partial charge in [0.1, 0.15) is 29.8 Å². The van der Waals surface area contributed by atoms with Gasteiger partial charge in [0.05, 0.1) is 12.6 Å². The van der Waals surface area contributed by atoms with Gasteiger partial charge in [-0.3, -0.25) is 14.4 Å². The maximum absolute atomic E-state index is 13.3. The largest absolute Gasteiger partial charge is 0.494 e. The van der Waals surface area contributed by atoms with E-state index in [0.717, 1.165) is 24.2 Å². The van der Waals surface area contributed by atoms with E-state index in [1.54, 1.807) is 39.1 Å². The van der Waals surface area contributed by atoms with Gasteiger partial charge in [-0.25, -0.2) is 0 Å². The highest BCUT2D eigenvalue weighted by molar-refractivity contribution is 5.97. The predicted molar refractivity (Wildman–Crippen MR) is 133 cm³/mol. The van der Waals surface area contributed by atoms with Crippen molar-refractivity contribution < 1.29 is 23.9 Å². The molecular formula is C26H36N4O5. The van der Waals surface area contributed by atoms with E-state index < -0.39 is 35.8 Å². The molecule has 1 heterocycles. The zero-order valence-electron chi connectivity index (χ0n) is 20.8. The number of aromatic nitrogens is 1. The summed E-state index contributed by atoms with van der Waals surface area (Å²) in [6.45, 7) is 7.86. The van der Waals surface area contributed by atoms with Crippen molar-refractivity contribution in [2.45, 2.75) is 65.1 Å². The van der Waals surface area contributed by atoms with Crippen LogP contribution in [0.2, 0.25) is 0 Å². The van der Waals surface area contributed by atoms with Crippen molar-refractivity contribution in [1.82, 2.24) is 20.9 Å². The zero-order chi connectivity index (χ0) is 25.8. The number of carbonyl (C=O) groups is 4. The first kappa shape index (κ1) is 27.6. The summed E-state index contributed by atoms with van der Waals surface area (Å²) in [5.74, 6) is -0.900. The van der Waals surface area contributed by atoms with E-state index in [4.69, 9.17) is 4.74 Å². The summed E-state index contributed by atoms with van der Waals surface area (Å²) in [7, 11) is 0. The minimum absolute atomic E-state index is 0.213. The third kappa shape index (κ3) is 8.92. The topological polar surface area (TPSA) is 129 Å². The Labute approximate surface area is 206 Å². The standard InChI is InChI=1S/C26H36N4O5/c1-5-6-14-35-20-11-9-19(10-12-20)15-22(29-24(32)21-8-7-13-27-21)25(33)30-23(17(2)3)26(34)28-18(4)16-31/h7-13,16-18,22-23,27H,5-6,14-15H2,1-4H3,(H,28,34)(H,29,32)(H,30,33)/t18-,22-,23-/m0/s1. The molecule has 0 aliphatic carbocycles. The van der Waals surface area contributed by atoms with Crippen molar-refractivity contribution in [2.24, 2.45) is 5.92 Å². The number of rotatable bonds is 14. The lowest BCUT2D eigenvalue weighted by Crippen LogP contribution is -2.57. The molecule has 9 nitrogen and oxygen atoms in total. The fraction of sp³-hybridized carbons (Fsp3) is 0.462. The number of aromatic amines is 1. The molecule has 0 spiro atoms. The molecule has 190 valence electrons. The monoisotopic (exact) mass is 484 g/mol. The summed E-state index contributed by atoms with van der Waals surface area (Å²) in [6, 6.07) is 8.17. The number of carbonyl (C=O) groups excluding carboxylic acids is 4. The molecule has 3 amide bonds. The summed E-state index contributed by atoms with van der Waals surface area (Å²) in [6.07, 6.45) is 4.45. The Morgan fingerprint density at radius 1 is 1.00 bits per heavy atom. The maximum atomic E-state index is 13.3. The normalized spacial score (nSPS) is 13.4. The molecule has 0 unspecified atom stereocenters. The number of benzene rings is 1. The molecule has 0 aliphatic rings. The number of amides is 3. The Balaban J connectivity index is 2.17. The number of nitrogens with one attached hydrogen (secondary N) is 4. The molecule has 0 saturated carbocycles. The molecule has 0 aliphatic heterocycles. The van der Waals surface area contributed by atoms with Gasteiger partial charge in [0.15, 0.2) is 0 Å². The number of H-pyrrole nitrogens is 1. The summed E-state index contributed by atoms with van der Waals surface area (Å²) in [5.41, 5.74) is 1.14. The van der Waals surface area contributed by atoms with Crippen LogP contribution in [0.4, 0.5) is 0 Å². The van der Waals surface area contributed by atoms with Crippen molar-refractivity contribution in [3.8, 4) is 5.75 Å². The SMILES string of the molecule is CCCCOc1ccc(C[C@H](NC(=O)c2ccc[nH]2)C(=O)N[C@H](C(=O)N[C@@H](C)C=O)C(C)C)cc1. The Kier molecular flexibility index (Phi) is 11.0. The molecule has 1 aromatic carbocycles. The molecule has 0 radical (unpaired) electrons. The van der Waals surface area contributed by atoms with Crippen LogP contribution in [0.5, 0.6) is 5.75 Å². The van der Waals surface area contributed by atoms with Crippen molar-refractivity contribution in [2.75, 3.05) is 6.61 Å². The van der Waals surface area contributed by atoms with E-state index in [1.807, 2.05) is 24.3 Å². The van der Waals surface area contributed by atoms with Crippen LogP contribution in [0.15, 0.2) is 42.6 Å². The summed E-state index contributed by atoms with van der Waals surface area (Å²) in [4.78, 5) is 52.3. The highest BCUT2D eigenvalue weighted by Gasteiger charge is 2.29. The van der Waals surface area contributed by atoms with E-state index in [9.17, 15) is 19.2 Å². The number of unbranched alkanes of at least 4 members (excludes halogenated alkanes) is 1. The van der Waals surface area contributed by atoms with Gasteiger partial charge in [-0.05, 0) is 49.1 Å². The first-order chi connectivity index (χ1) is 16.7. The van der Waals surface area contributed by atoms with Gasteiger partial charge in [0.25, 0.3) is 5.91 Å². The van der Waals surface area contributed by atoms with E-state index in [-0.39, 0.29) is 12.3 Å². The average molecular weight is 485 g/mol. The van der Waals surface area contributed by atoms with Gasteiger partial charge in [-0.15, -0.1) is 0 Å². The van der Waals surface area contributed by atoms with Gasteiger partial charge in [-0.2, -0.15) is 0 Å². The number of hydrogen-bond donors (Lipinski definition) is 4.